The van der Waals surface area contributed by atoms with Gasteiger partial charge in [0, 0.05) is 13.1 Å². The van der Waals surface area contributed by atoms with Gasteiger partial charge in [0.05, 0.1) is 12.2 Å². The Labute approximate surface area is 121 Å². The first-order valence-corrected chi connectivity index (χ1v) is 6.54. The van der Waals surface area contributed by atoms with E-state index in [4.69, 9.17) is 5.11 Å². The molecule has 0 heterocycles. The zero-order chi connectivity index (χ0) is 15.3. The number of aliphatic hydroxyl groups is 1. The molecular weight excluding hydrogens is 279 g/mol. The second-order valence-corrected chi connectivity index (χ2v) is 4.78. The lowest BCUT2D eigenvalue weighted by atomic mass is 10.1. The number of rotatable bonds is 5. The Morgan fingerprint density at radius 1 is 0.857 bits per heavy atom. The Kier molecular flexibility index (Phi) is 4.98. The van der Waals surface area contributed by atoms with Crippen molar-refractivity contribution < 1.29 is 18.3 Å². The third-order valence-corrected chi connectivity index (χ3v) is 3.11. The van der Waals surface area contributed by atoms with E-state index < -0.39 is 11.7 Å². The molecule has 5 heteroatoms. The summed E-state index contributed by atoms with van der Waals surface area (Å²) < 4.78 is 37.3. The number of hydrogen-bond acceptors (Lipinski definition) is 2. The standard InChI is InChI=1S/C16H16F3NO/c17-16(18,19)15-6-4-12(5-7-15)9-20-10-13-2-1-3-14(8-13)11-21/h1-8,20-21H,9-11H2. The lowest BCUT2D eigenvalue weighted by Crippen LogP contribution is -2.13. The van der Waals surface area contributed by atoms with Crippen LogP contribution in [0, 0.1) is 0 Å². The average molecular weight is 295 g/mol. The van der Waals surface area contributed by atoms with Gasteiger partial charge >= 0.3 is 6.18 Å². The zero-order valence-electron chi connectivity index (χ0n) is 11.3. The first kappa shape index (κ1) is 15.5. The van der Waals surface area contributed by atoms with Crippen molar-refractivity contribution >= 4 is 0 Å². The van der Waals surface area contributed by atoms with Crippen molar-refractivity contribution in [3.05, 3.63) is 70.8 Å². The molecule has 0 saturated heterocycles. The van der Waals surface area contributed by atoms with E-state index in [0.717, 1.165) is 28.8 Å². The molecule has 0 aromatic heterocycles. The lowest BCUT2D eigenvalue weighted by Gasteiger charge is -2.09. The van der Waals surface area contributed by atoms with Gasteiger partial charge in [-0.2, -0.15) is 13.2 Å². The van der Waals surface area contributed by atoms with E-state index in [1.165, 1.54) is 12.1 Å². The average Bonchev–Trinajstić information content (AvgIpc) is 2.47. The third-order valence-electron chi connectivity index (χ3n) is 3.11. The minimum absolute atomic E-state index is 0.00720. The molecule has 0 aliphatic rings. The number of alkyl halides is 3. The molecule has 0 bridgehead atoms. The van der Waals surface area contributed by atoms with Gasteiger partial charge in [-0.05, 0) is 28.8 Å². The van der Waals surface area contributed by atoms with Gasteiger partial charge in [0.2, 0.25) is 0 Å². The van der Waals surface area contributed by atoms with Crippen molar-refractivity contribution in [3.63, 3.8) is 0 Å². The third kappa shape index (κ3) is 4.58. The maximum Gasteiger partial charge on any atom is 0.416 e. The molecule has 2 N–H and O–H groups in total. The fourth-order valence-corrected chi connectivity index (χ4v) is 2.00. The Morgan fingerprint density at radius 2 is 1.48 bits per heavy atom. The van der Waals surface area contributed by atoms with Crippen LogP contribution in [0.15, 0.2) is 48.5 Å². The highest BCUT2D eigenvalue weighted by atomic mass is 19.4. The monoisotopic (exact) mass is 295 g/mol. The predicted molar refractivity (Wildman–Crippen MR) is 74.4 cm³/mol. The summed E-state index contributed by atoms with van der Waals surface area (Å²) in [6.07, 6.45) is -4.29. The Bertz CT molecular complexity index is 579. The summed E-state index contributed by atoms with van der Waals surface area (Å²) in [5, 5.41) is 12.2. The van der Waals surface area contributed by atoms with Gasteiger partial charge in [-0.25, -0.2) is 0 Å². The smallest absolute Gasteiger partial charge is 0.392 e. The molecule has 2 aromatic carbocycles. The topological polar surface area (TPSA) is 32.3 Å². The van der Waals surface area contributed by atoms with Crippen molar-refractivity contribution in [2.45, 2.75) is 25.9 Å². The summed E-state index contributed by atoms with van der Waals surface area (Å²) in [7, 11) is 0. The van der Waals surface area contributed by atoms with Crippen molar-refractivity contribution in [1.82, 2.24) is 5.32 Å². The number of halogens is 3. The number of nitrogens with one attached hydrogen (secondary N) is 1. The SMILES string of the molecule is OCc1cccc(CNCc2ccc(C(F)(F)F)cc2)c1. The normalized spacial score (nSPS) is 11.6. The number of aliphatic hydroxyl groups excluding tert-OH is 1. The number of benzene rings is 2. The van der Waals surface area contributed by atoms with Crippen LogP contribution in [0.2, 0.25) is 0 Å². The van der Waals surface area contributed by atoms with E-state index in [1.807, 2.05) is 24.3 Å². The molecule has 0 unspecified atom stereocenters. The summed E-state index contributed by atoms with van der Waals surface area (Å²) in [5.74, 6) is 0. The van der Waals surface area contributed by atoms with Crippen LogP contribution >= 0.6 is 0 Å². The zero-order valence-corrected chi connectivity index (χ0v) is 11.3. The van der Waals surface area contributed by atoms with Crippen LogP contribution in [0.4, 0.5) is 13.2 Å². The summed E-state index contributed by atoms with van der Waals surface area (Å²) in [5.41, 5.74) is 2.01. The Morgan fingerprint density at radius 3 is 2.10 bits per heavy atom. The molecule has 0 saturated carbocycles. The van der Waals surface area contributed by atoms with Gasteiger partial charge < -0.3 is 10.4 Å². The maximum absolute atomic E-state index is 12.4. The number of hydrogen-bond donors (Lipinski definition) is 2. The molecule has 112 valence electrons. The second-order valence-electron chi connectivity index (χ2n) is 4.78. The minimum atomic E-state index is -4.29. The van der Waals surface area contributed by atoms with Crippen molar-refractivity contribution in [3.8, 4) is 0 Å². The molecule has 0 spiro atoms. The molecule has 2 nitrogen and oxygen atoms in total. The molecular formula is C16H16F3NO. The van der Waals surface area contributed by atoms with Gasteiger partial charge in [-0.1, -0.05) is 36.4 Å². The molecule has 0 aliphatic heterocycles. The fraction of sp³-hybridized carbons (Fsp3) is 0.250. The molecule has 0 amide bonds. The van der Waals surface area contributed by atoms with E-state index in [1.54, 1.807) is 0 Å². The van der Waals surface area contributed by atoms with Crippen molar-refractivity contribution in [2.24, 2.45) is 0 Å². The first-order valence-electron chi connectivity index (χ1n) is 6.54. The van der Waals surface area contributed by atoms with E-state index in [-0.39, 0.29) is 6.61 Å². The van der Waals surface area contributed by atoms with Gasteiger partial charge in [-0.3, -0.25) is 0 Å². The maximum atomic E-state index is 12.4. The van der Waals surface area contributed by atoms with E-state index in [0.29, 0.717) is 13.1 Å². The molecule has 0 aliphatic carbocycles. The fourth-order valence-electron chi connectivity index (χ4n) is 2.00. The summed E-state index contributed by atoms with van der Waals surface area (Å²) in [6, 6.07) is 12.6. The highest BCUT2D eigenvalue weighted by molar-refractivity contribution is 5.25. The van der Waals surface area contributed by atoms with Crippen LogP contribution in [0.25, 0.3) is 0 Å². The van der Waals surface area contributed by atoms with Gasteiger partial charge in [0.1, 0.15) is 0 Å². The Hall–Kier alpha value is -1.85. The van der Waals surface area contributed by atoms with Gasteiger partial charge in [0.25, 0.3) is 0 Å². The molecule has 0 radical (unpaired) electrons. The van der Waals surface area contributed by atoms with Crippen molar-refractivity contribution in [2.75, 3.05) is 0 Å². The largest absolute Gasteiger partial charge is 0.416 e. The summed E-state index contributed by atoms with van der Waals surface area (Å²) in [6.45, 7) is 1.07. The first-order chi connectivity index (χ1) is 9.99. The quantitative estimate of drug-likeness (QED) is 0.885. The van der Waals surface area contributed by atoms with E-state index in [2.05, 4.69) is 5.32 Å². The predicted octanol–water partition coefficient (Wildman–Crippen LogP) is 3.49. The van der Waals surface area contributed by atoms with Gasteiger partial charge in [-0.15, -0.1) is 0 Å². The van der Waals surface area contributed by atoms with Gasteiger partial charge in [0.15, 0.2) is 0 Å². The van der Waals surface area contributed by atoms with Crippen LogP contribution in [0.5, 0.6) is 0 Å². The molecule has 2 rings (SSSR count). The minimum Gasteiger partial charge on any atom is -0.392 e. The molecule has 0 fully saturated rings. The van der Waals surface area contributed by atoms with E-state index in [9.17, 15) is 13.2 Å². The second kappa shape index (κ2) is 6.74. The highest BCUT2D eigenvalue weighted by Crippen LogP contribution is 2.29. The van der Waals surface area contributed by atoms with Crippen LogP contribution < -0.4 is 5.32 Å². The Balaban J connectivity index is 1.88. The molecule has 21 heavy (non-hydrogen) atoms. The molecule has 0 atom stereocenters. The van der Waals surface area contributed by atoms with Crippen LogP contribution in [-0.2, 0) is 25.9 Å². The summed E-state index contributed by atoms with van der Waals surface area (Å²) >= 11 is 0. The van der Waals surface area contributed by atoms with Crippen LogP contribution in [0.3, 0.4) is 0 Å². The van der Waals surface area contributed by atoms with Crippen molar-refractivity contribution in [1.29, 1.82) is 0 Å². The molecule has 2 aromatic rings. The highest BCUT2D eigenvalue weighted by Gasteiger charge is 2.29. The van der Waals surface area contributed by atoms with Crippen LogP contribution in [0.1, 0.15) is 22.3 Å². The lowest BCUT2D eigenvalue weighted by molar-refractivity contribution is -0.137. The van der Waals surface area contributed by atoms with Crippen LogP contribution in [-0.4, -0.2) is 5.11 Å². The summed E-state index contributed by atoms with van der Waals surface area (Å²) in [4.78, 5) is 0. The van der Waals surface area contributed by atoms with E-state index >= 15 is 0 Å².